The maximum Gasteiger partial charge on any atom is 0.0294 e. The highest BCUT2D eigenvalue weighted by atomic mass is 14.9. The van der Waals surface area contributed by atoms with Gasteiger partial charge in [0.2, 0.25) is 0 Å². The van der Waals surface area contributed by atoms with E-state index in [4.69, 9.17) is 0 Å². The van der Waals surface area contributed by atoms with Crippen LogP contribution in [0, 0.1) is 26.7 Å². The summed E-state index contributed by atoms with van der Waals surface area (Å²) in [5.74, 6) is 0.819. The zero-order valence-electron chi connectivity index (χ0n) is 12.8. The number of allylic oxidation sites excluding steroid dienone is 2. The van der Waals surface area contributed by atoms with Crippen LogP contribution in [0.5, 0.6) is 0 Å². The quantitative estimate of drug-likeness (QED) is 0.776. The van der Waals surface area contributed by atoms with Crippen LogP contribution in [-0.2, 0) is 0 Å². The summed E-state index contributed by atoms with van der Waals surface area (Å²) in [4.78, 5) is 0. The SMILES string of the molecule is Cc1cc(C)c(C(C)NCC2CC=CCC2)cc1C. The summed E-state index contributed by atoms with van der Waals surface area (Å²) in [6, 6.07) is 5.11. The Morgan fingerprint density at radius 2 is 1.84 bits per heavy atom. The van der Waals surface area contributed by atoms with Crippen molar-refractivity contribution in [3.63, 3.8) is 0 Å². The highest BCUT2D eigenvalue weighted by molar-refractivity contribution is 5.38. The first kappa shape index (κ1) is 14.3. The van der Waals surface area contributed by atoms with Crippen LogP contribution in [0.25, 0.3) is 0 Å². The Bertz CT molecular complexity index is 459. The zero-order valence-corrected chi connectivity index (χ0v) is 12.8. The van der Waals surface area contributed by atoms with Gasteiger partial charge in [0.25, 0.3) is 0 Å². The van der Waals surface area contributed by atoms with E-state index in [1.807, 2.05) is 0 Å². The second kappa shape index (κ2) is 6.38. The van der Waals surface area contributed by atoms with E-state index in [9.17, 15) is 0 Å². The molecule has 2 unspecified atom stereocenters. The van der Waals surface area contributed by atoms with Gasteiger partial charge in [0.1, 0.15) is 0 Å². The average molecular weight is 257 g/mol. The Kier molecular flexibility index (Phi) is 4.81. The first-order chi connectivity index (χ1) is 9.08. The van der Waals surface area contributed by atoms with E-state index in [2.05, 4.69) is 57.3 Å². The molecule has 0 saturated carbocycles. The van der Waals surface area contributed by atoms with Crippen molar-refractivity contribution in [3.8, 4) is 0 Å². The van der Waals surface area contributed by atoms with Crippen molar-refractivity contribution < 1.29 is 0 Å². The number of rotatable bonds is 4. The number of nitrogens with one attached hydrogen (secondary N) is 1. The Morgan fingerprint density at radius 3 is 2.53 bits per heavy atom. The van der Waals surface area contributed by atoms with E-state index in [1.54, 1.807) is 0 Å². The molecule has 0 saturated heterocycles. The minimum atomic E-state index is 0.449. The topological polar surface area (TPSA) is 12.0 Å². The fraction of sp³-hybridized carbons (Fsp3) is 0.556. The van der Waals surface area contributed by atoms with Crippen molar-refractivity contribution in [2.75, 3.05) is 6.54 Å². The first-order valence-corrected chi connectivity index (χ1v) is 7.54. The smallest absolute Gasteiger partial charge is 0.0294 e. The molecule has 1 nitrogen and oxygen atoms in total. The van der Waals surface area contributed by atoms with Crippen molar-refractivity contribution in [1.29, 1.82) is 0 Å². The highest BCUT2D eigenvalue weighted by Gasteiger charge is 2.13. The molecule has 0 bridgehead atoms. The van der Waals surface area contributed by atoms with Crippen molar-refractivity contribution in [1.82, 2.24) is 5.32 Å². The van der Waals surface area contributed by atoms with Crippen molar-refractivity contribution in [3.05, 3.63) is 46.5 Å². The van der Waals surface area contributed by atoms with E-state index in [1.165, 1.54) is 41.5 Å². The van der Waals surface area contributed by atoms with Gasteiger partial charge in [-0.05, 0) is 81.7 Å². The van der Waals surface area contributed by atoms with Gasteiger partial charge in [0, 0.05) is 6.04 Å². The van der Waals surface area contributed by atoms with Gasteiger partial charge in [0.05, 0.1) is 0 Å². The number of hydrogen-bond donors (Lipinski definition) is 1. The van der Waals surface area contributed by atoms with Crippen molar-refractivity contribution >= 4 is 0 Å². The molecular weight excluding hydrogens is 230 g/mol. The lowest BCUT2D eigenvalue weighted by Gasteiger charge is -2.23. The van der Waals surface area contributed by atoms with E-state index < -0.39 is 0 Å². The van der Waals surface area contributed by atoms with E-state index >= 15 is 0 Å². The lowest BCUT2D eigenvalue weighted by Crippen LogP contribution is -2.26. The van der Waals surface area contributed by atoms with Gasteiger partial charge in [0.15, 0.2) is 0 Å². The molecule has 0 fully saturated rings. The van der Waals surface area contributed by atoms with Gasteiger partial charge >= 0.3 is 0 Å². The third-order valence-corrected chi connectivity index (χ3v) is 4.44. The normalized spacial score (nSPS) is 20.5. The summed E-state index contributed by atoms with van der Waals surface area (Å²) in [5, 5.41) is 3.72. The highest BCUT2D eigenvalue weighted by Crippen LogP contribution is 2.23. The maximum atomic E-state index is 3.72. The van der Waals surface area contributed by atoms with Gasteiger partial charge < -0.3 is 5.32 Å². The molecule has 1 aromatic rings. The predicted octanol–water partition coefficient (Wildman–Crippen LogP) is 4.62. The number of hydrogen-bond acceptors (Lipinski definition) is 1. The van der Waals surface area contributed by atoms with Crippen LogP contribution in [0.1, 0.15) is 54.5 Å². The molecule has 19 heavy (non-hydrogen) atoms. The summed E-state index contributed by atoms with van der Waals surface area (Å²) in [5.41, 5.74) is 5.65. The molecule has 2 atom stereocenters. The average Bonchev–Trinajstić information content (AvgIpc) is 2.41. The summed E-state index contributed by atoms with van der Waals surface area (Å²) >= 11 is 0. The zero-order chi connectivity index (χ0) is 13.8. The molecule has 1 aliphatic carbocycles. The molecule has 1 N–H and O–H groups in total. The Hall–Kier alpha value is -1.08. The lowest BCUT2D eigenvalue weighted by atomic mass is 9.93. The molecular formula is C18H27N. The minimum Gasteiger partial charge on any atom is -0.310 e. The molecule has 2 rings (SSSR count). The first-order valence-electron chi connectivity index (χ1n) is 7.54. The molecule has 1 aromatic carbocycles. The van der Waals surface area contributed by atoms with Gasteiger partial charge in [-0.3, -0.25) is 0 Å². The van der Waals surface area contributed by atoms with E-state index in [0.717, 1.165) is 12.5 Å². The van der Waals surface area contributed by atoms with Crippen LogP contribution >= 0.6 is 0 Å². The van der Waals surface area contributed by atoms with Crippen LogP contribution in [-0.4, -0.2) is 6.54 Å². The van der Waals surface area contributed by atoms with Gasteiger partial charge in [-0.15, -0.1) is 0 Å². The second-order valence-electron chi connectivity index (χ2n) is 6.07. The van der Waals surface area contributed by atoms with Crippen LogP contribution in [0.3, 0.4) is 0 Å². The molecule has 0 aromatic heterocycles. The lowest BCUT2D eigenvalue weighted by molar-refractivity contribution is 0.415. The minimum absolute atomic E-state index is 0.449. The summed E-state index contributed by atoms with van der Waals surface area (Å²) in [6.45, 7) is 10.0. The van der Waals surface area contributed by atoms with Gasteiger partial charge in [-0.25, -0.2) is 0 Å². The standard InChI is InChI=1S/C18H27N/c1-13-10-15(3)18(11-14(13)2)16(4)19-12-17-8-6-5-7-9-17/h5-6,10-11,16-17,19H,7-9,12H2,1-4H3. The van der Waals surface area contributed by atoms with E-state index in [0.29, 0.717) is 6.04 Å². The van der Waals surface area contributed by atoms with E-state index in [-0.39, 0.29) is 0 Å². The van der Waals surface area contributed by atoms with Crippen LogP contribution < -0.4 is 5.32 Å². The van der Waals surface area contributed by atoms with Crippen LogP contribution in [0.15, 0.2) is 24.3 Å². The molecule has 1 heteroatoms. The summed E-state index contributed by atoms with van der Waals surface area (Å²) in [7, 11) is 0. The molecule has 104 valence electrons. The third kappa shape index (κ3) is 3.70. The van der Waals surface area contributed by atoms with Gasteiger partial charge in [-0.1, -0.05) is 24.3 Å². The number of aryl methyl sites for hydroxylation is 3. The number of benzene rings is 1. The molecule has 0 aliphatic heterocycles. The van der Waals surface area contributed by atoms with Crippen LogP contribution in [0.4, 0.5) is 0 Å². The maximum absolute atomic E-state index is 3.72. The molecule has 1 aliphatic rings. The summed E-state index contributed by atoms with van der Waals surface area (Å²) in [6.07, 6.45) is 8.48. The second-order valence-corrected chi connectivity index (χ2v) is 6.07. The van der Waals surface area contributed by atoms with Crippen molar-refractivity contribution in [2.45, 2.75) is 53.0 Å². The van der Waals surface area contributed by atoms with Gasteiger partial charge in [-0.2, -0.15) is 0 Å². The molecule has 0 heterocycles. The summed E-state index contributed by atoms with van der Waals surface area (Å²) < 4.78 is 0. The Balaban J connectivity index is 1.97. The fourth-order valence-corrected chi connectivity index (χ4v) is 2.94. The largest absolute Gasteiger partial charge is 0.310 e. The monoisotopic (exact) mass is 257 g/mol. The molecule has 0 spiro atoms. The third-order valence-electron chi connectivity index (χ3n) is 4.44. The van der Waals surface area contributed by atoms with Crippen LogP contribution in [0.2, 0.25) is 0 Å². The molecule has 0 radical (unpaired) electrons. The Labute approximate surface area is 118 Å². The fourth-order valence-electron chi connectivity index (χ4n) is 2.94. The predicted molar refractivity (Wildman–Crippen MR) is 83.6 cm³/mol. The van der Waals surface area contributed by atoms with Crippen molar-refractivity contribution in [2.24, 2.45) is 5.92 Å². The Morgan fingerprint density at radius 1 is 1.11 bits per heavy atom. The molecule has 0 amide bonds.